The number of aliphatic imine (C=N–C) groups is 1. The summed E-state index contributed by atoms with van der Waals surface area (Å²) in [6, 6.07) is 8.04. The highest BCUT2D eigenvalue weighted by atomic mass is 127. The number of rotatable bonds is 11. The fourth-order valence-electron chi connectivity index (χ4n) is 3.04. The van der Waals surface area contributed by atoms with Crippen LogP contribution in [0.1, 0.15) is 31.7 Å². The van der Waals surface area contributed by atoms with Crippen molar-refractivity contribution in [3.63, 3.8) is 0 Å². The molecule has 1 amide bonds. The van der Waals surface area contributed by atoms with Gasteiger partial charge in [-0.2, -0.15) is 0 Å². The van der Waals surface area contributed by atoms with Gasteiger partial charge in [-0.15, -0.1) is 24.0 Å². The van der Waals surface area contributed by atoms with Crippen LogP contribution in [0.2, 0.25) is 0 Å². The predicted octanol–water partition coefficient (Wildman–Crippen LogP) is 2.31. The zero-order chi connectivity index (χ0) is 20.2. The van der Waals surface area contributed by atoms with Crippen molar-refractivity contribution >= 4 is 35.8 Å². The largest absolute Gasteiger partial charge is 0.492 e. The maximum atomic E-state index is 11.7. The quantitative estimate of drug-likeness (QED) is 0.204. The second-order valence-corrected chi connectivity index (χ2v) is 7.22. The average molecular weight is 517 g/mol. The number of nitrogens with one attached hydrogen (secondary N) is 2. The van der Waals surface area contributed by atoms with Crippen LogP contribution < -0.4 is 15.4 Å². The molecule has 1 fully saturated rings. The molecule has 0 aliphatic carbocycles. The minimum atomic E-state index is 0. The van der Waals surface area contributed by atoms with Crippen molar-refractivity contribution in [3.8, 4) is 5.75 Å². The fourth-order valence-corrected chi connectivity index (χ4v) is 3.04. The Morgan fingerprint density at radius 2 is 2.07 bits per heavy atom. The Labute approximate surface area is 192 Å². The molecule has 1 aliphatic rings. The second-order valence-electron chi connectivity index (χ2n) is 7.22. The van der Waals surface area contributed by atoms with Gasteiger partial charge in [0.15, 0.2) is 5.96 Å². The summed E-state index contributed by atoms with van der Waals surface area (Å²) in [4.78, 5) is 20.4. The highest BCUT2D eigenvalue weighted by Gasteiger charge is 2.18. The number of para-hydroxylation sites is 1. The minimum Gasteiger partial charge on any atom is -0.492 e. The maximum absolute atomic E-state index is 11.7. The van der Waals surface area contributed by atoms with Crippen LogP contribution in [-0.4, -0.2) is 75.1 Å². The number of halogens is 1. The van der Waals surface area contributed by atoms with Gasteiger partial charge in [-0.1, -0.05) is 18.2 Å². The van der Waals surface area contributed by atoms with E-state index in [1.165, 1.54) is 0 Å². The van der Waals surface area contributed by atoms with Crippen LogP contribution in [0.4, 0.5) is 0 Å². The van der Waals surface area contributed by atoms with Gasteiger partial charge in [0, 0.05) is 44.7 Å². The van der Waals surface area contributed by atoms with E-state index in [2.05, 4.69) is 28.5 Å². The van der Waals surface area contributed by atoms with Gasteiger partial charge in [0.2, 0.25) is 5.91 Å². The molecule has 2 N–H and O–H groups in total. The monoisotopic (exact) mass is 517 g/mol. The Kier molecular flexibility index (Phi) is 12.7. The summed E-state index contributed by atoms with van der Waals surface area (Å²) < 4.78 is 5.92. The number of amides is 1. The number of hydrogen-bond donors (Lipinski definition) is 2. The Morgan fingerprint density at radius 3 is 2.76 bits per heavy atom. The van der Waals surface area contributed by atoms with Crippen LogP contribution >= 0.6 is 24.0 Å². The van der Waals surface area contributed by atoms with Crippen LogP contribution in [0.3, 0.4) is 0 Å². The second kappa shape index (κ2) is 14.4. The SMILES string of the molecule is CCNC(=NCc1ccccc1OCCN(C)C)NCCCN1CCCC1=O.I. The number of likely N-dealkylation sites (N-methyl/N-ethyl adjacent to an activating group) is 1. The molecular weight excluding hydrogens is 481 g/mol. The van der Waals surface area contributed by atoms with Gasteiger partial charge in [0.05, 0.1) is 6.54 Å². The molecule has 0 saturated carbocycles. The molecule has 0 atom stereocenters. The van der Waals surface area contributed by atoms with Gasteiger partial charge < -0.3 is 25.2 Å². The lowest BCUT2D eigenvalue weighted by molar-refractivity contribution is -0.127. The molecular formula is C21H36IN5O2. The normalized spacial score (nSPS) is 14.1. The molecule has 1 aromatic rings. The smallest absolute Gasteiger partial charge is 0.222 e. The third-order valence-electron chi connectivity index (χ3n) is 4.59. The highest BCUT2D eigenvalue weighted by molar-refractivity contribution is 14.0. The molecule has 0 unspecified atom stereocenters. The molecule has 7 nitrogen and oxygen atoms in total. The van der Waals surface area contributed by atoms with Crippen LogP contribution in [0, 0.1) is 0 Å². The number of nitrogens with zero attached hydrogens (tertiary/aromatic N) is 3. The average Bonchev–Trinajstić information content (AvgIpc) is 3.08. The first-order chi connectivity index (χ1) is 13.6. The Balaban J connectivity index is 0.00000420. The summed E-state index contributed by atoms with van der Waals surface area (Å²) in [6.07, 6.45) is 2.61. The number of guanidine groups is 1. The molecule has 8 heteroatoms. The standard InChI is InChI=1S/C21H35N5O2.HI/c1-4-22-21(23-12-8-14-26-13-7-11-20(26)27)24-17-18-9-5-6-10-19(18)28-16-15-25(2)3;/h5-6,9-10H,4,7-8,11-17H2,1-3H3,(H2,22,23,24);1H. The third kappa shape index (κ3) is 9.66. The van der Waals surface area contributed by atoms with Gasteiger partial charge in [0.1, 0.15) is 12.4 Å². The number of carbonyl (C=O) groups is 1. The number of benzene rings is 1. The number of hydrogen-bond acceptors (Lipinski definition) is 4. The molecule has 29 heavy (non-hydrogen) atoms. The van der Waals surface area contributed by atoms with Crippen LogP contribution in [-0.2, 0) is 11.3 Å². The number of carbonyl (C=O) groups excluding carboxylic acids is 1. The van der Waals surface area contributed by atoms with E-state index in [1.54, 1.807) is 0 Å². The van der Waals surface area contributed by atoms with Crippen LogP contribution in [0.5, 0.6) is 5.75 Å². The summed E-state index contributed by atoms with van der Waals surface area (Å²) in [5.74, 6) is 1.96. The van der Waals surface area contributed by atoms with Gasteiger partial charge in [-0.05, 0) is 39.9 Å². The minimum absolute atomic E-state index is 0. The summed E-state index contributed by atoms with van der Waals surface area (Å²) in [6.45, 7) is 7.44. The third-order valence-corrected chi connectivity index (χ3v) is 4.59. The van der Waals surface area contributed by atoms with E-state index in [1.807, 2.05) is 37.2 Å². The molecule has 0 spiro atoms. The van der Waals surface area contributed by atoms with E-state index in [0.29, 0.717) is 19.6 Å². The lowest BCUT2D eigenvalue weighted by Crippen LogP contribution is -2.39. The van der Waals surface area contributed by atoms with Gasteiger partial charge >= 0.3 is 0 Å². The fraction of sp³-hybridized carbons (Fsp3) is 0.619. The summed E-state index contributed by atoms with van der Waals surface area (Å²) >= 11 is 0. The van der Waals surface area contributed by atoms with E-state index in [9.17, 15) is 4.79 Å². The van der Waals surface area contributed by atoms with Gasteiger partial charge in [-0.3, -0.25) is 4.79 Å². The number of ether oxygens (including phenoxy) is 1. The van der Waals surface area contributed by atoms with Crippen molar-refractivity contribution in [2.24, 2.45) is 4.99 Å². The number of likely N-dealkylation sites (tertiary alicyclic amines) is 1. The van der Waals surface area contributed by atoms with E-state index in [4.69, 9.17) is 9.73 Å². The van der Waals surface area contributed by atoms with Crippen molar-refractivity contribution < 1.29 is 9.53 Å². The molecule has 1 heterocycles. The van der Waals surface area contributed by atoms with Crippen molar-refractivity contribution in [1.82, 2.24) is 20.4 Å². The van der Waals surface area contributed by atoms with E-state index in [0.717, 1.165) is 62.8 Å². The summed E-state index contributed by atoms with van der Waals surface area (Å²) in [7, 11) is 4.07. The molecule has 0 radical (unpaired) electrons. The van der Waals surface area contributed by atoms with Crippen molar-refractivity contribution in [2.45, 2.75) is 32.7 Å². The lowest BCUT2D eigenvalue weighted by Gasteiger charge is -2.17. The van der Waals surface area contributed by atoms with Gasteiger partial charge in [0.25, 0.3) is 0 Å². The van der Waals surface area contributed by atoms with Crippen molar-refractivity contribution in [2.75, 3.05) is 53.4 Å². The van der Waals surface area contributed by atoms with E-state index >= 15 is 0 Å². The molecule has 164 valence electrons. The predicted molar refractivity (Wildman–Crippen MR) is 129 cm³/mol. The molecule has 1 aromatic carbocycles. The molecule has 0 aromatic heterocycles. The Bertz CT molecular complexity index is 639. The van der Waals surface area contributed by atoms with E-state index < -0.39 is 0 Å². The zero-order valence-corrected chi connectivity index (χ0v) is 20.3. The lowest BCUT2D eigenvalue weighted by atomic mass is 10.2. The topological polar surface area (TPSA) is 69.2 Å². The first-order valence-electron chi connectivity index (χ1n) is 10.3. The molecule has 1 saturated heterocycles. The van der Waals surface area contributed by atoms with Crippen molar-refractivity contribution in [3.05, 3.63) is 29.8 Å². The first-order valence-corrected chi connectivity index (χ1v) is 10.3. The maximum Gasteiger partial charge on any atom is 0.222 e. The molecule has 2 rings (SSSR count). The zero-order valence-electron chi connectivity index (χ0n) is 17.9. The van der Waals surface area contributed by atoms with Crippen molar-refractivity contribution in [1.29, 1.82) is 0 Å². The van der Waals surface area contributed by atoms with Crippen LogP contribution in [0.15, 0.2) is 29.3 Å². The summed E-state index contributed by atoms with van der Waals surface area (Å²) in [5.41, 5.74) is 1.07. The molecule has 1 aliphatic heterocycles. The van der Waals surface area contributed by atoms with E-state index in [-0.39, 0.29) is 29.9 Å². The Morgan fingerprint density at radius 1 is 1.28 bits per heavy atom. The Hall–Kier alpha value is -1.55. The summed E-state index contributed by atoms with van der Waals surface area (Å²) in [5, 5.41) is 6.64. The van der Waals surface area contributed by atoms with Gasteiger partial charge in [-0.25, -0.2) is 4.99 Å². The highest BCUT2D eigenvalue weighted by Crippen LogP contribution is 2.18. The first kappa shape index (κ1) is 25.5. The molecule has 0 bridgehead atoms. The van der Waals surface area contributed by atoms with Crippen LogP contribution in [0.25, 0.3) is 0 Å².